The van der Waals surface area contributed by atoms with Gasteiger partial charge in [0.2, 0.25) is 0 Å². The number of hydrogen-bond donors (Lipinski definition) is 2. The zero-order valence-corrected chi connectivity index (χ0v) is 15.7. The Morgan fingerprint density at radius 3 is 2.84 bits per heavy atom. The summed E-state index contributed by atoms with van der Waals surface area (Å²) in [5.41, 5.74) is 1.54. The fourth-order valence-electron chi connectivity index (χ4n) is 3.38. The third kappa shape index (κ3) is 3.89. The van der Waals surface area contributed by atoms with Crippen LogP contribution in [-0.2, 0) is 4.74 Å². The van der Waals surface area contributed by atoms with Crippen LogP contribution in [0.3, 0.4) is 0 Å². The first-order valence-electron chi connectivity index (χ1n) is 8.82. The molecule has 0 saturated carbocycles. The predicted molar refractivity (Wildman–Crippen MR) is 99.7 cm³/mol. The molecule has 0 aliphatic carbocycles. The van der Waals surface area contributed by atoms with Crippen LogP contribution in [0.1, 0.15) is 41.0 Å². The van der Waals surface area contributed by atoms with Crippen LogP contribution < -0.4 is 5.32 Å². The van der Waals surface area contributed by atoms with Crippen molar-refractivity contribution in [1.82, 2.24) is 15.1 Å². The summed E-state index contributed by atoms with van der Waals surface area (Å²) >= 11 is 0. The fourth-order valence-corrected chi connectivity index (χ4v) is 3.38. The molecule has 0 spiro atoms. The van der Waals surface area contributed by atoms with Crippen molar-refractivity contribution in [2.24, 2.45) is 5.41 Å². The number of para-hydroxylation sites is 1. The Bertz CT molecular complexity index is 760. The molecule has 2 aromatic rings. The highest BCUT2D eigenvalue weighted by Gasteiger charge is 2.39. The Hall–Kier alpha value is -2.24. The fraction of sp³-hybridized carbons (Fsp3) is 0.579. The lowest BCUT2D eigenvalue weighted by molar-refractivity contribution is 0.00692. The molecule has 6 nitrogen and oxygen atoms in total. The molecule has 1 unspecified atom stereocenters. The number of rotatable bonds is 2. The van der Waals surface area contributed by atoms with Gasteiger partial charge in [-0.2, -0.15) is 5.10 Å². The number of hydrogen-bond acceptors (Lipinski definition) is 4. The van der Waals surface area contributed by atoms with E-state index in [0.717, 1.165) is 23.0 Å². The van der Waals surface area contributed by atoms with Crippen molar-refractivity contribution in [3.63, 3.8) is 0 Å². The lowest BCUT2D eigenvalue weighted by Gasteiger charge is -2.45. The number of fused-ring (bicyclic) bond motifs is 1. The minimum Gasteiger partial charge on any atom is -0.444 e. The predicted octanol–water partition coefficient (Wildman–Crippen LogP) is 4.01. The van der Waals surface area contributed by atoms with Crippen LogP contribution in [0.4, 0.5) is 10.5 Å². The van der Waals surface area contributed by atoms with Crippen LogP contribution >= 0.6 is 0 Å². The molecule has 2 N–H and O–H groups in total. The maximum Gasteiger partial charge on any atom is 0.410 e. The molecular weight excluding hydrogens is 316 g/mol. The first kappa shape index (κ1) is 17.6. The summed E-state index contributed by atoms with van der Waals surface area (Å²) in [5, 5.41) is 11.9. The van der Waals surface area contributed by atoms with E-state index in [0.29, 0.717) is 13.1 Å². The van der Waals surface area contributed by atoms with E-state index in [4.69, 9.17) is 4.74 Å². The van der Waals surface area contributed by atoms with E-state index < -0.39 is 5.60 Å². The van der Waals surface area contributed by atoms with Crippen LogP contribution in [0.2, 0.25) is 0 Å². The van der Waals surface area contributed by atoms with Crippen molar-refractivity contribution in [3.8, 4) is 0 Å². The van der Waals surface area contributed by atoms with Gasteiger partial charge in [0.1, 0.15) is 5.60 Å². The van der Waals surface area contributed by atoms with Crippen LogP contribution in [0.15, 0.2) is 24.4 Å². The second-order valence-electron chi connectivity index (χ2n) is 8.52. The molecule has 1 aliphatic rings. The molecule has 25 heavy (non-hydrogen) atoms. The molecule has 1 aliphatic heterocycles. The average molecular weight is 344 g/mol. The number of aromatic nitrogens is 2. The maximum atomic E-state index is 12.4. The number of anilines is 1. The topological polar surface area (TPSA) is 70.2 Å². The summed E-state index contributed by atoms with van der Waals surface area (Å²) < 4.78 is 5.52. The number of carbonyl (C=O) groups is 1. The Morgan fingerprint density at radius 2 is 2.16 bits per heavy atom. The number of likely N-dealkylation sites (tertiary alicyclic amines) is 1. The second-order valence-corrected chi connectivity index (χ2v) is 8.52. The summed E-state index contributed by atoms with van der Waals surface area (Å²) in [5.74, 6) is 0. The Labute approximate surface area is 148 Å². The van der Waals surface area contributed by atoms with Crippen molar-refractivity contribution < 1.29 is 9.53 Å². The zero-order chi connectivity index (χ0) is 18.2. The smallest absolute Gasteiger partial charge is 0.410 e. The Morgan fingerprint density at radius 1 is 1.40 bits per heavy atom. The van der Waals surface area contributed by atoms with E-state index in [1.54, 1.807) is 0 Å². The van der Waals surface area contributed by atoms with Gasteiger partial charge in [0.15, 0.2) is 0 Å². The highest BCUT2D eigenvalue weighted by atomic mass is 16.6. The standard InChI is InChI=1S/C19H28N4O2/c1-18(2,3)25-17(24)23-10-9-15(19(4,5)12-23)21-14-8-6-7-13-11-20-22-16(13)14/h6-8,11,15,21H,9-10,12H2,1-5H3,(H,20,22). The van der Waals surface area contributed by atoms with E-state index >= 15 is 0 Å². The normalized spacial score (nSPS) is 20.5. The van der Waals surface area contributed by atoms with Gasteiger partial charge >= 0.3 is 6.09 Å². The minimum atomic E-state index is -0.466. The van der Waals surface area contributed by atoms with Gasteiger partial charge in [0.05, 0.1) is 17.4 Å². The van der Waals surface area contributed by atoms with Crippen LogP contribution in [-0.4, -0.2) is 45.9 Å². The van der Waals surface area contributed by atoms with Crippen molar-refractivity contribution in [3.05, 3.63) is 24.4 Å². The molecule has 1 atom stereocenters. The van der Waals surface area contributed by atoms with Crippen LogP contribution in [0, 0.1) is 5.41 Å². The van der Waals surface area contributed by atoms with E-state index in [2.05, 4.69) is 35.4 Å². The number of H-pyrrole nitrogens is 1. The zero-order valence-electron chi connectivity index (χ0n) is 15.7. The van der Waals surface area contributed by atoms with Crippen LogP contribution in [0.25, 0.3) is 10.9 Å². The molecule has 1 saturated heterocycles. The molecule has 2 heterocycles. The number of amides is 1. The van der Waals surface area contributed by atoms with E-state index in [1.807, 2.05) is 44.0 Å². The third-order valence-electron chi connectivity index (χ3n) is 4.69. The molecule has 1 aromatic heterocycles. The number of aromatic amines is 1. The summed E-state index contributed by atoms with van der Waals surface area (Å²) in [4.78, 5) is 14.2. The summed E-state index contributed by atoms with van der Waals surface area (Å²) in [6.07, 6.45) is 2.47. The lowest BCUT2D eigenvalue weighted by Crippen LogP contribution is -2.54. The monoisotopic (exact) mass is 344 g/mol. The summed E-state index contributed by atoms with van der Waals surface area (Å²) in [7, 11) is 0. The minimum absolute atomic E-state index is 0.0721. The van der Waals surface area contributed by atoms with E-state index in [-0.39, 0.29) is 17.6 Å². The van der Waals surface area contributed by atoms with Gasteiger partial charge in [0.25, 0.3) is 0 Å². The quantitative estimate of drug-likeness (QED) is 0.863. The number of benzene rings is 1. The Balaban J connectivity index is 1.71. The first-order chi connectivity index (χ1) is 11.7. The number of nitrogens with one attached hydrogen (secondary N) is 2. The largest absolute Gasteiger partial charge is 0.444 e. The van der Waals surface area contributed by atoms with Crippen molar-refractivity contribution in [2.75, 3.05) is 18.4 Å². The number of nitrogens with zero attached hydrogens (tertiary/aromatic N) is 2. The molecule has 1 amide bonds. The van der Waals surface area contributed by atoms with Gasteiger partial charge in [-0.15, -0.1) is 0 Å². The van der Waals surface area contributed by atoms with Crippen molar-refractivity contribution in [2.45, 2.75) is 52.7 Å². The second kappa shape index (κ2) is 6.24. The van der Waals surface area contributed by atoms with Crippen LogP contribution in [0.5, 0.6) is 0 Å². The Kier molecular flexibility index (Phi) is 4.39. The third-order valence-corrected chi connectivity index (χ3v) is 4.69. The van der Waals surface area contributed by atoms with Gasteiger partial charge < -0.3 is 15.0 Å². The summed E-state index contributed by atoms with van der Waals surface area (Å²) in [6.45, 7) is 11.4. The number of carbonyl (C=O) groups excluding carboxylic acids is 1. The molecule has 0 radical (unpaired) electrons. The molecule has 1 fully saturated rings. The highest BCUT2D eigenvalue weighted by molar-refractivity contribution is 5.90. The molecule has 1 aromatic carbocycles. The van der Waals surface area contributed by atoms with Gasteiger partial charge in [-0.25, -0.2) is 4.79 Å². The lowest BCUT2D eigenvalue weighted by atomic mass is 9.79. The SMILES string of the molecule is CC(C)(C)OC(=O)N1CCC(Nc2cccc3cn[nH]c23)C(C)(C)C1. The molecule has 3 rings (SSSR count). The summed E-state index contributed by atoms with van der Waals surface area (Å²) in [6, 6.07) is 6.40. The van der Waals surface area contributed by atoms with E-state index in [9.17, 15) is 4.79 Å². The average Bonchev–Trinajstić information content (AvgIpc) is 2.96. The molecule has 136 valence electrons. The van der Waals surface area contributed by atoms with Gasteiger partial charge in [-0.05, 0) is 33.3 Å². The highest BCUT2D eigenvalue weighted by Crippen LogP contribution is 2.33. The molecule has 0 bridgehead atoms. The first-order valence-corrected chi connectivity index (χ1v) is 8.82. The van der Waals surface area contributed by atoms with E-state index in [1.165, 1.54) is 0 Å². The molecule has 6 heteroatoms. The van der Waals surface area contributed by atoms with Gasteiger partial charge in [-0.3, -0.25) is 5.10 Å². The molecular formula is C19H28N4O2. The van der Waals surface area contributed by atoms with Crippen molar-refractivity contribution in [1.29, 1.82) is 0 Å². The number of ether oxygens (including phenoxy) is 1. The number of piperidine rings is 1. The maximum absolute atomic E-state index is 12.4. The van der Waals surface area contributed by atoms with Crippen molar-refractivity contribution >= 4 is 22.7 Å². The van der Waals surface area contributed by atoms with Gasteiger partial charge in [-0.1, -0.05) is 26.0 Å². The van der Waals surface area contributed by atoms with Gasteiger partial charge in [0, 0.05) is 29.9 Å².